The van der Waals surface area contributed by atoms with Gasteiger partial charge in [-0.15, -0.1) is 0 Å². The molecule has 6 heteroatoms. The van der Waals surface area contributed by atoms with Gasteiger partial charge in [0.2, 0.25) is 0 Å². The number of ether oxygens (including phenoxy) is 3. The van der Waals surface area contributed by atoms with Gasteiger partial charge in [-0.05, 0) is 59.7 Å². The molecule has 168 valence electrons. The number of rotatable bonds is 7. The van der Waals surface area contributed by atoms with Crippen molar-refractivity contribution in [1.29, 1.82) is 0 Å². The summed E-state index contributed by atoms with van der Waals surface area (Å²) in [5.74, 6) is 2.43. The van der Waals surface area contributed by atoms with Gasteiger partial charge in [-0.25, -0.2) is 0 Å². The molecule has 2 aromatic rings. The van der Waals surface area contributed by atoms with E-state index in [-0.39, 0.29) is 30.4 Å². The molecule has 1 atom stereocenters. The third-order valence-electron chi connectivity index (χ3n) is 5.39. The highest BCUT2D eigenvalue weighted by molar-refractivity contribution is 6.31. The maximum Gasteiger partial charge on any atom is 0.258 e. The van der Waals surface area contributed by atoms with Crippen LogP contribution in [-0.4, -0.2) is 25.7 Å². The van der Waals surface area contributed by atoms with Crippen molar-refractivity contribution in [3.8, 4) is 17.2 Å². The molecule has 1 aliphatic rings. The predicted molar refractivity (Wildman–Crippen MR) is 124 cm³/mol. The quantitative estimate of drug-likeness (QED) is 0.582. The van der Waals surface area contributed by atoms with Crippen LogP contribution in [0, 0.1) is 12.8 Å². The maximum absolute atomic E-state index is 12.8. The van der Waals surface area contributed by atoms with Crippen molar-refractivity contribution in [2.45, 2.75) is 53.0 Å². The minimum atomic E-state index is -0.173. The fraction of sp³-hybridized carbons (Fsp3) is 0.480. The average molecular weight is 446 g/mol. The van der Waals surface area contributed by atoms with E-state index in [4.69, 9.17) is 25.8 Å². The van der Waals surface area contributed by atoms with E-state index >= 15 is 0 Å². The Morgan fingerprint density at radius 1 is 1.10 bits per heavy atom. The minimum Gasteiger partial charge on any atom is -0.490 e. The zero-order chi connectivity index (χ0) is 22.5. The number of benzene rings is 2. The predicted octanol–water partition coefficient (Wildman–Crippen LogP) is 5.83. The Morgan fingerprint density at radius 2 is 1.81 bits per heavy atom. The fourth-order valence-electron chi connectivity index (χ4n) is 3.61. The van der Waals surface area contributed by atoms with Crippen LogP contribution in [0.2, 0.25) is 5.02 Å². The van der Waals surface area contributed by atoms with E-state index in [2.05, 4.69) is 33.0 Å². The third kappa shape index (κ3) is 5.85. The fourth-order valence-corrected chi connectivity index (χ4v) is 3.79. The lowest BCUT2D eigenvalue weighted by Crippen LogP contribution is -2.35. The number of amides is 1. The molecule has 0 unspecified atom stereocenters. The highest BCUT2D eigenvalue weighted by Gasteiger charge is 2.22. The summed E-state index contributed by atoms with van der Waals surface area (Å²) in [4.78, 5) is 12.8. The van der Waals surface area contributed by atoms with Crippen molar-refractivity contribution in [2.24, 2.45) is 5.92 Å². The van der Waals surface area contributed by atoms with Gasteiger partial charge in [0.25, 0.3) is 5.91 Å². The number of carbonyl (C=O) groups is 1. The highest BCUT2D eigenvalue weighted by atomic mass is 35.5. The summed E-state index contributed by atoms with van der Waals surface area (Å²) in [5, 5.41) is 3.82. The van der Waals surface area contributed by atoms with Crippen LogP contribution < -0.4 is 19.5 Å². The smallest absolute Gasteiger partial charge is 0.258 e. The molecule has 1 N–H and O–H groups in total. The number of fused-ring (bicyclic) bond motifs is 1. The van der Waals surface area contributed by atoms with Gasteiger partial charge in [0, 0.05) is 11.4 Å². The molecule has 0 aromatic heterocycles. The summed E-state index contributed by atoms with van der Waals surface area (Å²) < 4.78 is 17.4. The molecular formula is C25H32ClNO4. The molecular weight excluding hydrogens is 414 g/mol. The first-order chi connectivity index (χ1) is 14.8. The molecule has 2 aromatic carbocycles. The van der Waals surface area contributed by atoms with Gasteiger partial charge >= 0.3 is 0 Å². The SMILES string of the molecule is Cc1cc(OCC(=O)N[C@@H](c2ccc3c(c2)OCCCO3)C(C)C)c(C(C)C)cc1Cl. The largest absolute Gasteiger partial charge is 0.490 e. The first kappa shape index (κ1) is 23.3. The second-order valence-corrected chi connectivity index (χ2v) is 9.04. The van der Waals surface area contributed by atoms with Crippen LogP contribution in [0.1, 0.15) is 62.8 Å². The second-order valence-electron chi connectivity index (χ2n) is 8.63. The van der Waals surface area contributed by atoms with Crippen LogP contribution in [0.5, 0.6) is 17.2 Å². The molecule has 0 radical (unpaired) electrons. The van der Waals surface area contributed by atoms with Gasteiger partial charge in [-0.3, -0.25) is 4.79 Å². The van der Waals surface area contributed by atoms with Crippen LogP contribution in [0.4, 0.5) is 0 Å². The Labute approximate surface area is 190 Å². The van der Waals surface area contributed by atoms with Crippen molar-refractivity contribution in [3.63, 3.8) is 0 Å². The second kappa shape index (κ2) is 10.3. The van der Waals surface area contributed by atoms with Crippen molar-refractivity contribution in [1.82, 2.24) is 5.32 Å². The monoisotopic (exact) mass is 445 g/mol. The number of hydrogen-bond acceptors (Lipinski definition) is 4. The van der Waals surface area contributed by atoms with Gasteiger partial charge in [0.1, 0.15) is 5.75 Å². The van der Waals surface area contributed by atoms with Crippen molar-refractivity contribution in [3.05, 3.63) is 52.0 Å². The van der Waals surface area contributed by atoms with Gasteiger partial charge in [-0.2, -0.15) is 0 Å². The topological polar surface area (TPSA) is 56.8 Å². The lowest BCUT2D eigenvalue weighted by atomic mass is 9.95. The lowest BCUT2D eigenvalue weighted by molar-refractivity contribution is -0.124. The van der Waals surface area contributed by atoms with Crippen molar-refractivity contribution in [2.75, 3.05) is 19.8 Å². The van der Waals surface area contributed by atoms with E-state index in [1.54, 1.807) is 0 Å². The molecule has 31 heavy (non-hydrogen) atoms. The average Bonchev–Trinajstić information content (AvgIpc) is 2.97. The summed E-state index contributed by atoms with van der Waals surface area (Å²) in [7, 11) is 0. The minimum absolute atomic E-state index is 0.0609. The van der Waals surface area contributed by atoms with Crippen LogP contribution in [0.3, 0.4) is 0 Å². The van der Waals surface area contributed by atoms with Gasteiger partial charge in [-0.1, -0.05) is 45.4 Å². The maximum atomic E-state index is 12.8. The van der Waals surface area contributed by atoms with Gasteiger partial charge < -0.3 is 19.5 Å². The molecule has 0 bridgehead atoms. The summed E-state index contributed by atoms with van der Waals surface area (Å²) in [5.41, 5.74) is 2.90. The first-order valence-corrected chi connectivity index (χ1v) is 11.3. The number of hydrogen-bond donors (Lipinski definition) is 1. The van der Waals surface area contributed by atoms with Gasteiger partial charge in [0.05, 0.1) is 19.3 Å². The standard InChI is InChI=1S/C25H32ClNO4/c1-15(2)19-13-20(26)17(5)11-22(19)31-14-24(28)27-25(16(3)4)18-7-8-21-23(12-18)30-10-6-9-29-21/h7-8,11-13,15-16,25H,6,9-10,14H2,1-5H3,(H,27,28)/t25-/m1/s1. The molecule has 0 spiro atoms. The Morgan fingerprint density at radius 3 is 2.48 bits per heavy atom. The normalized spacial score (nSPS) is 14.3. The van der Waals surface area contributed by atoms with E-state index < -0.39 is 0 Å². The molecule has 0 saturated carbocycles. The number of aryl methyl sites for hydroxylation is 1. The lowest BCUT2D eigenvalue weighted by Gasteiger charge is -2.24. The summed E-state index contributed by atoms with van der Waals surface area (Å²) in [6, 6.07) is 9.52. The number of carbonyl (C=O) groups excluding carboxylic acids is 1. The summed E-state index contributed by atoms with van der Waals surface area (Å²) >= 11 is 6.27. The number of nitrogens with one attached hydrogen (secondary N) is 1. The Hall–Kier alpha value is -2.40. The van der Waals surface area contributed by atoms with E-state index in [1.165, 1.54) is 0 Å². The van der Waals surface area contributed by atoms with E-state index in [9.17, 15) is 4.79 Å². The molecule has 0 aliphatic carbocycles. The summed E-state index contributed by atoms with van der Waals surface area (Å²) in [6.45, 7) is 11.5. The summed E-state index contributed by atoms with van der Waals surface area (Å²) in [6.07, 6.45) is 0.855. The Balaban J connectivity index is 1.71. The molecule has 0 saturated heterocycles. The van der Waals surface area contributed by atoms with Crippen molar-refractivity contribution < 1.29 is 19.0 Å². The van der Waals surface area contributed by atoms with E-state index in [1.807, 2.05) is 37.3 Å². The highest BCUT2D eigenvalue weighted by Crippen LogP contribution is 2.34. The zero-order valence-electron chi connectivity index (χ0n) is 19.0. The van der Waals surface area contributed by atoms with Crippen LogP contribution >= 0.6 is 11.6 Å². The third-order valence-corrected chi connectivity index (χ3v) is 5.79. The Bertz CT molecular complexity index is 926. The van der Waals surface area contributed by atoms with Crippen LogP contribution in [0.25, 0.3) is 0 Å². The van der Waals surface area contributed by atoms with E-state index in [0.29, 0.717) is 24.0 Å². The van der Waals surface area contributed by atoms with E-state index in [0.717, 1.165) is 34.6 Å². The molecule has 0 fully saturated rings. The molecule has 5 nitrogen and oxygen atoms in total. The van der Waals surface area contributed by atoms with Crippen LogP contribution in [-0.2, 0) is 4.79 Å². The Kier molecular flexibility index (Phi) is 7.71. The molecule has 1 aliphatic heterocycles. The zero-order valence-corrected chi connectivity index (χ0v) is 19.7. The van der Waals surface area contributed by atoms with Crippen molar-refractivity contribution >= 4 is 17.5 Å². The first-order valence-electron chi connectivity index (χ1n) is 10.9. The van der Waals surface area contributed by atoms with Gasteiger partial charge in [0.15, 0.2) is 18.1 Å². The number of halogens is 1. The molecule has 1 amide bonds. The van der Waals surface area contributed by atoms with Crippen LogP contribution in [0.15, 0.2) is 30.3 Å². The molecule has 1 heterocycles. The molecule has 3 rings (SSSR count).